The van der Waals surface area contributed by atoms with Gasteiger partial charge in [0.2, 0.25) is 0 Å². The molecule has 1 aromatic heterocycles. The maximum Gasteiger partial charge on any atom is 0.469 e. The molecule has 1 saturated carbocycles. The van der Waals surface area contributed by atoms with Gasteiger partial charge in [-0.2, -0.15) is 4.98 Å². The van der Waals surface area contributed by atoms with Crippen LogP contribution in [0, 0.1) is 5.41 Å². The molecule has 1 saturated heterocycles. The van der Waals surface area contributed by atoms with Crippen molar-refractivity contribution in [3.05, 3.63) is 53.1 Å². The van der Waals surface area contributed by atoms with Gasteiger partial charge in [0.15, 0.2) is 5.75 Å². The Morgan fingerprint density at radius 1 is 1.32 bits per heavy atom. The molecule has 0 radical (unpaired) electrons. The number of benzene rings is 1. The van der Waals surface area contributed by atoms with Crippen molar-refractivity contribution in [2.75, 3.05) is 18.9 Å². The molecule has 1 aromatic carbocycles. The molecular formula is C22H29N4O10P. The van der Waals surface area contributed by atoms with Crippen LogP contribution in [0.2, 0.25) is 0 Å². The van der Waals surface area contributed by atoms with Crippen LogP contribution in [-0.2, 0) is 33.1 Å². The Bertz CT molecular complexity index is 1190. The van der Waals surface area contributed by atoms with Gasteiger partial charge in [0.1, 0.15) is 30.8 Å². The highest BCUT2D eigenvalue weighted by Gasteiger charge is 2.64. The molecule has 1 spiro atoms. The van der Waals surface area contributed by atoms with E-state index in [4.69, 9.17) is 34.3 Å². The molecule has 4 N–H and O–H groups in total. The van der Waals surface area contributed by atoms with E-state index in [0.29, 0.717) is 12.8 Å². The average molecular weight is 540 g/mol. The normalized spacial score (nSPS) is 24.4. The van der Waals surface area contributed by atoms with Crippen molar-refractivity contribution in [3.63, 3.8) is 0 Å². The zero-order valence-corrected chi connectivity index (χ0v) is 21.1. The van der Waals surface area contributed by atoms with Crippen LogP contribution in [0.25, 0.3) is 0 Å². The third-order valence-electron chi connectivity index (χ3n) is 6.02. The lowest BCUT2D eigenvalue weighted by Gasteiger charge is -2.21. The van der Waals surface area contributed by atoms with Gasteiger partial charge in [-0.15, -0.1) is 4.67 Å². The molecule has 15 heteroatoms. The van der Waals surface area contributed by atoms with Crippen molar-refractivity contribution in [2.45, 2.75) is 51.2 Å². The first-order valence-electron chi connectivity index (χ1n) is 11.6. The molecule has 5 atom stereocenters. The summed E-state index contributed by atoms with van der Waals surface area (Å²) in [5.74, 6) is -0.422. The molecular weight excluding hydrogens is 511 g/mol. The summed E-state index contributed by atoms with van der Waals surface area (Å²) in [5, 5.41) is 13.3. The standard InChI is InChI=1S/C22H29N4O10P/c1-3-31-19(28)14(2)25-37(30,36-34-15-7-5-4-6-8-15)35-32-13-16-18(27)22(10-11-22)20(33-16)26-12-9-17(23)24-21(26)29/h4-9,12,14,16,18,20,27H,3,10-11,13H2,1-2H3,(H,25,30)(H2,23,24,29)/t14-,16+,18+,20+,37?/m0/s1. The smallest absolute Gasteiger partial charge is 0.465 e. The van der Waals surface area contributed by atoms with Crippen molar-refractivity contribution in [1.82, 2.24) is 14.6 Å². The lowest BCUT2D eigenvalue weighted by atomic mass is 9.96. The van der Waals surface area contributed by atoms with Crippen LogP contribution in [0.1, 0.15) is 32.9 Å². The molecule has 0 bridgehead atoms. The summed E-state index contributed by atoms with van der Waals surface area (Å²) in [6, 6.07) is 8.52. The Labute approximate surface area is 212 Å². The van der Waals surface area contributed by atoms with Gasteiger partial charge in [-0.25, -0.2) is 19.3 Å². The van der Waals surface area contributed by atoms with E-state index in [-0.39, 0.29) is 24.8 Å². The van der Waals surface area contributed by atoms with Crippen molar-refractivity contribution < 1.29 is 43.1 Å². The SMILES string of the molecule is CCOC(=O)[C@H](C)NP(=O)(OOC[C@H]1O[C@@H](n2ccc(N)nc2=O)C2(CC2)[C@@H]1O)OOc1ccccc1. The fourth-order valence-electron chi connectivity index (χ4n) is 4.00. The van der Waals surface area contributed by atoms with Crippen LogP contribution >= 0.6 is 7.75 Å². The van der Waals surface area contributed by atoms with Gasteiger partial charge in [-0.05, 0) is 44.9 Å². The number of rotatable bonds is 12. The number of ether oxygens (including phenoxy) is 2. The summed E-state index contributed by atoms with van der Waals surface area (Å²) in [6.07, 6.45) is -0.0918. The highest BCUT2D eigenvalue weighted by molar-refractivity contribution is 7.51. The summed E-state index contributed by atoms with van der Waals surface area (Å²) >= 11 is 0. The van der Waals surface area contributed by atoms with E-state index in [9.17, 15) is 19.3 Å². The second-order valence-corrected chi connectivity index (χ2v) is 10.2. The van der Waals surface area contributed by atoms with Gasteiger partial charge in [0.05, 0.1) is 12.7 Å². The maximum absolute atomic E-state index is 13.3. The first-order valence-corrected chi connectivity index (χ1v) is 13.2. The highest BCUT2D eigenvalue weighted by atomic mass is 31.2. The number of nitrogens with zero attached hydrogens (tertiary/aromatic N) is 2. The zero-order chi connectivity index (χ0) is 26.6. The van der Waals surface area contributed by atoms with Crippen molar-refractivity contribution >= 4 is 19.5 Å². The molecule has 202 valence electrons. The van der Waals surface area contributed by atoms with E-state index >= 15 is 0 Å². The molecule has 2 fully saturated rings. The molecule has 1 aliphatic carbocycles. The third-order valence-corrected chi connectivity index (χ3v) is 7.29. The van der Waals surface area contributed by atoms with Gasteiger partial charge in [-0.1, -0.05) is 22.9 Å². The number of hydrogen-bond donors (Lipinski definition) is 3. The molecule has 0 amide bonds. The van der Waals surface area contributed by atoms with Crippen LogP contribution in [0.4, 0.5) is 5.82 Å². The summed E-state index contributed by atoms with van der Waals surface area (Å²) < 4.78 is 35.4. The average Bonchev–Trinajstić information content (AvgIpc) is 3.63. The number of para-hydroxylation sites is 1. The molecule has 2 heterocycles. The summed E-state index contributed by atoms with van der Waals surface area (Å²) in [5.41, 5.74) is 4.25. The van der Waals surface area contributed by atoms with Crippen molar-refractivity contribution in [3.8, 4) is 5.75 Å². The molecule has 37 heavy (non-hydrogen) atoms. The summed E-state index contributed by atoms with van der Waals surface area (Å²) in [7, 11) is -4.41. The van der Waals surface area contributed by atoms with Gasteiger partial charge in [0.25, 0.3) is 0 Å². The van der Waals surface area contributed by atoms with Gasteiger partial charge in [0, 0.05) is 11.6 Å². The minimum Gasteiger partial charge on any atom is -0.465 e. The molecule has 2 aromatic rings. The topological polar surface area (TPSA) is 183 Å². The first kappa shape index (κ1) is 27.2. The summed E-state index contributed by atoms with van der Waals surface area (Å²) in [6.45, 7) is 2.74. The Hall–Kier alpha value is -2.84. The lowest BCUT2D eigenvalue weighted by molar-refractivity contribution is -0.258. The number of nitrogens with two attached hydrogens (primary N) is 1. The van der Waals surface area contributed by atoms with Crippen molar-refractivity contribution in [2.24, 2.45) is 5.41 Å². The van der Waals surface area contributed by atoms with Gasteiger partial charge < -0.3 is 25.2 Å². The van der Waals surface area contributed by atoms with E-state index in [1.54, 1.807) is 37.3 Å². The van der Waals surface area contributed by atoms with Gasteiger partial charge >= 0.3 is 19.4 Å². The van der Waals surface area contributed by atoms with E-state index in [0.717, 1.165) is 0 Å². The molecule has 1 aliphatic heterocycles. The molecule has 14 nitrogen and oxygen atoms in total. The van der Waals surface area contributed by atoms with E-state index < -0.39 is 49.3 Å². The number of aliphatic hydroxyl groups excluding tert-OH is 1. The monoisotopic (exact) mass is 540 g/mol. The third kappa shape index (κ3) is 6.18. The number of nitrogen functional groups attached to an aromatic ring is 1. The summed E-state index contributed by atoms with van der Waals surface area (Å²) in [4.78, 5) is 38.3. The van der Waals surface area contributed by atoms with Crippen LogP contribution in [0.3, 0.4) is 0 Å². The maximum atomic E-state index is 13.3. The number of aliphatic hydroxyl groups is 1. The van der Waals surface area contributed by atoms with Crippen LogP contribution in [0.5, 0.6) is 5.75 Å². The van der Waals surface area contributed by atoms with E-state index in [1.165, 1.54) is 23.8 Å². The van der Waals surface area contributed by atoms with Crippen molar-refractivity contribution in [1.29, 1.82) is 0 Å². The second kappa shape index (κ2) is 11.3. The Balaban J connectivity index is 1.41. The fraction of sp³-hybridized carbons (Fsp3) is 0.500. The number of anilines is 1. The minimum absolute atomic E-state index is 0.0657. The highest BCUT2D eigenvalue weighted by Crippen LogP contribution is 2.62. The minimum atomic E-state index is -4.41. The zero-order valence-electron chi connectivity index (χ0n) is 20.2. The van der Waals surface area contributed by atoms with Gasteiger partial charge in [-0.3, -0.25) is 9.36 Å². The lowest BCUT2D eigenvalue weighted by Crippen LogP contribution is -2.35. The molecule has 4 rings (SSSR count). The number of hydrogen-bond acceptors (Lipinski definition) is 12. The number of carbonyl (C=O) groups is 1. The number of esters is 1. The van der Waals surface area contributed by atoms with Crippen LogP contribution in [-0.4, -0.2) is 52.1 Å². The Morgan fingerprint density at radius 3 is 2.70 bits per heavy atom. The predicted molar refractivity (Wildman–Crippen MR) is 127 cm³/mol. The number of aromatic nitrogens is 2. The number of carbonyl (C=O) groups excluding carboxylic acids is 1. The fourth-order valence-corrected chi connectivity index (χ4v) is 5.08. The Kier molecular flexibility index (Phi) is 8.29. The Morgan fingerprint density at radius 2 is 2.05 bits per heavy atom. The second-order valence-electron chi connectivity index (χ2n) is 8.68. The molecule has 1 unspecified atom stereocenters. The van der Waals surface area contributed by atoms with E-state index in [1.807, 2.05) is 0 Å². The van der Waals surface area contributed by atoms with Crippen LogP contribution in [0.15, 0.2) is 47.4 Å². The first-order chi connectivity index (χ1) is 17.7. The predicted octanol–water partition coefficient (Wildman–Crippen LogP) is 1.47. The molecule has 2 aliphatic rings. The van der Waals surface area contributed by atoms with E-state index in [2.05, 4.69) is 10.1 Å². The largest absolute Gasteiger partial charge is 0.469 e. The number of nitrogens with one attached hydrogen (secondary N) is 1. The van der Waals surface area contributed by atoms with Crippen LogP contribution < -0.4 is 21.4 Å². The quantitative estimate of drug-likeness (QED) is 0.152.